The number of amides is 2. The van der Waals surface area contributed by atoms with Gasteiger partial charge in [0.1, 0.15) is 17.6 Å². The zero-order valence-electron chi connectivity index (χ0n) is 19.2. The second-order valence-corrected chi connectivity index (χ2v) is 8.49. The molecule has 1 aromatic carbocycles. The maximum absolute atomic E-state index is 13.3. The Morgan fingerprint density at radius 2 is 1.88 bits per heavy atom. The summed E-state index contributed by atoms with van der Waals surface area (Å²) in [6.45, 7) is 10.6. The molecule has 1 unspecified atom stereocenters. The Kier molecular flexibility index (Phi) is 6.79. The third-order valence-electron chi connectivity index (χ3n) is 6.46. The number of benzene rings is 1. The Hall–Kier alpha value is -2.87. The molecule has 2 fully saturated rings. The highest BCUT2D eigenvalue weighted by molar-refractivity contribution is 6.00. The van der Waals surface area contributed by atoms with Gasteiger partial charge in [0, 0.05) is 44.8 Å². The molecule has 172 valence electrons. The lowest BCUT2D eigenvalue weighted by Gasteiger charge is -2.37. The highest BCUT2D eigenvalue weighted by Crippen LogP contribution is 2.27. The summed E-state index contributed by atoms with van der Waals surface area (Å²) in [5, 5.41) is 4.03. The minimum Gasteiger partial charge on any atom is -0.493 e. The van der Waals surface area contributed by atoms with Crippen LogP contribution in [0.5, 0.6) is 5.75 Å². The van der Waals surface area contributed by atoms with E-state index in [-0.39, 0.29) is 11.8 Å². The van der Waals surface area contributed by atoms with Crippen molar-refractivity contribution in [2.45, 2.75) is 46.2 Å². The lowest BCUT2D eigenvalue weighted by molar-refractivity contribution is -0.137. The zero-order valence-corrected chi connectivity index (χ0v) is 19.2. The predicted molar refractivity (Wildman–Crippen MR) is 120 cm³/mol. The summed E-state index contributed by atoms with van der Waals surface area (Å²) in [6.07, 6.45) is 1.55. The number of aromatic nitrogens is 1. The summed E-state index contributed by atoms with van der Waals surface area (Å²) in [5.41, 5.74) is 2.58. The van der Waals surface area contributed by atoms with Crippen LogP contribution >= 0.6 is 0 Å². The van der Waals surface area contributed by atoms with Crippen LogP contribution in [-0.2, 0) is 11.3 Å². The van der Waals surface area contributed by atoms with E-state index in [0.717, 1.165) is 43.1 Å². The number of rotatable bonds is 6. The van der Waals surface area contributed by atoms with Crippen LogP contribution in [0.3, 0.4) is 0 Å². The van der Waals surface area contributed by atoms with Crippen molar-refractivity contribution in [1.82, 2.24) is 19.9 Å². The molecule has 8 nitrogen and oxygen atoms in total. The van der Waals surface area contributed by atoms with Gasteiger partial charge < -0.3 is 19.1 Å². The van der Waals surface area contributed by atoms with Gasteiger partial charge in [0.25, 0.3) is 5.91 Å². The molecule has 2 saturated heterocycles. The maximum Gasteiger partial charge on any atom is 0.258 e. The summed E-state index contributed by atoms with van der Waals surface area (Å²) >= 11 is 0. The van der Waals surface area contributed by atoms with Gasteiger partial charge in [-0.3, -0.25) is 14.5 Å². The monoisotopic (exact) mass is 440 g/mol. The number of hydrogen-bond acceptors (Lipinski definition) is 6. The summed E-state index contributed by atoms with van der Waals surface area (Å²) in [4.78, 5) is 32.6. The van der Waals surface area contributed by atoms with Gasteiger partial charge in [0.15, 0.2) is 0 Å². The van der Waals surface area contributed by atoms with Crippen LogP contribution in [0.25, 0.3) is 0 Å². The summed E-state index contributed by atoms with van der Waals surface area (Å²) in [6, 6.07) is 6.88. The highest BCUT2D eigenvalue weighted by Gasteiger charge is 2.38. The number of likely N-dealkylation sites (tertiary alicyclic amines) is 1. The second kappa shape index (κ2) is 9.73. The summed E-state index contributed by atoms with van der Waals surface area (Å²) in [7, 11) is 0. The van der Waals surface area contributed by atoms with Crippen LogP contribution in [-0.4, -0.2) is 77.0 Å². The number of carbonyl (C=O) groups is 2. The lowest BCUT2D eigenvalue weighted by Crippen LogP contribution is -2.54. The van der Waals surface area contributed by atoms with Gasteiger partial charge in [-0.2, -0.15) is 0 Å². The average Bonchev–Trinajstić information content (AvgIpc) is 3.42. The number of para-hydroxylation sites is 1. The lowest BCUT2D eigenvalue weighted by atomic mass is 10.1. The van der Waals surface area contributed by atoms with Crippen LogP contribution in [0.15, 0.2) is 28.8 Å². The van der Waals surface area contributed by atoms with Crippen LogP contribution < -0.4 is 4.74 Å². The van der Waals surface area contributed by atoms with Crippen molar-refractivity contribution >= 4 is 11.8 Å². The molecule has 1 aromatic heterocycles. The van der Waals surface area contributed by atoms with Crippen LogP contribution in [0, 0.1) is 13.8 Å². The Bertz CT molecular complexity index is 945. The van der Waals surface area contributed by atoms with Gasteiger partial charge in [0.05, 0.1) is 17.9 Å². The van der Waals surface area contributed by atoms with E-state index < -0.39 is 6.04 Å². The fourth-order valence-corrected chi connectivity index (χ4v) is 4.63. The smallest absolute Gasteiger partial charge is 0.258 e. The first-order valence-corrected chi connectivity index (χ1v) is 11.4. The van der Waals surface area contributed by atoms with Crippen molar-refractivity contribution < 1.29 is 18.8 Å². The van der Waals surface area contributed by atoms with Crippen molar-refractivity contribution in [3.05, 3.63) is 46.8 Å². The molecule has 0 spiro atoms. The quantitative estimate of drug-likeness (QED) is 0.687. The fourth-order valence-electron chi connectivity index (χ4n) is 4.63. The van der Waals surface area contributed by atoms with Crippen LogP contribution in [0.1, 0.15) is 47.1 Å². The fraction of sp³-hybridized carbons (Fsp3) is 0.542. The van der Waals surface area contributed by atoms with Crippen molar-refractivity contribution in [1.29, 1.82) is 0 Å². The van der Waals surface area contributed by atoms with Gasteiger partial charge in [0.2, 0.25) is 5.91 Å². The third kappa shape index (κ3) is 4.50. The first-order chi connectivity index (χ1) is 15.5. The van der Waals surface area contributed by atoms with Crippen LogP contribution in [0.2, 0.25) is 0 Å². The average molecular weight is 441 g/mol. The van der Waals surface area contributed by atoms with E-state index in [0.29, 0.717) is 44.0 Å². The van der Waals surface area contributed by atoms with Gasteiger partial charge in [-0.05, 0) is 45.7 Å². The number of nitrogens with zero attached hydrogens (tertiary/aromatic N) is 4. The second-order valence-electron chi connectivity index (χ2n) is 8.49. The molecule has 2 aromatic rings. The van der Waals surface area contributed by atoms with Gasteiger partial charge in [-0.1, -0.05) is 17.3 Å². The zero-order chi connectivity index (χ0) is 22.7. The van der Waals surface area contributed by atoms with Crippen molar-refractivity contribution in [3.63, 3.8) is 0 Å². The number of hydrogen-bond donors (Lipinski definition) is 0. The number of aryl methyl sites for hydroxylation is 2. The van der Waals surface area contributed by atoms with E-state index in [1.807, 2.05) is 43.9 Å². The van der Waals surface area contributed by atoms with E-state index in [2.05, 4.69) is 10.1 Å². The molecule has 0 aliphatic carbocycles. The molecule has 8 heteroatoms. The molecule has 0 radical (unpaired) electrons. The van der Waals surface area contributed by atoms with Crippen LogP contribution in [0.4, 0.5) is 0 Å². The Morgan fingerprint density at radius 3 is 2.56 bits per heavy atom. The van der Waals surface area contributed by atoms with E-state index in [9.17, 15) is 9.59 Å². The van der Waals surface area contributed by atoms with Gasteiger partial charge in [-0.25, -0.2) is 0 Å². The predicted octanol–water partition coefficient (Wildman–Crippen LogP) is 2.64. The molecule has 4 rings (SSSR count). The largest absolute Gasteiger partial charge is 0.493 e. The molecule has 0 bridgehead atoms. The molecule has 1 atom stereocenters. The van der Waals surface area contributed by atoms with Crippen molar-refractivity contribution in [2.75, 3.05) is 39.3 Å². The standard InChI is InChI=1S/C24H32N4O4/c1-4-31-22-10-6-5-8-19(22)23(29)28-11-7-9-21(28)24(30)27-14-12-26(13-15-27)16-20-17(2)25-32-18(20)3/h5-6,8,10,21H,4,7,9,11-16H2,1-3H3. The molecule has 0 N–H and O–H groups in total. The molecule has 32 heavy (non-hydrogen) atoms. The first kappa shape index (κ1) is 22.3. The molecule has 2 amide bonds. The number of piperazine rings is 1. The van der Waals surface area contributed by atoms with E-state index >= 15 is 0 Å². The van der Waals surface area contributed by atoms with Crippen molar-refractivity contribution in [2.24, 2.45) is 0 Å². The molecular formula is C24H32N4O4. The molecule has 2 aliphatic heterocycles. The molecule has 2 aliphatic rings. The van der Waals surface area contributed by atoms with Crippen molar-refractivity contribution in [3.8, 4) is 5.75 Å². The third-order valence-corrected chi connectivity index (χ3v) is 6.46. The topological polar surface area (TPSA) is 79.1 Å². The Balaban J connectivity index is 1.39. The van der Waals surface area contributed by atoms with E-state index in [1.54, 1.807) is 11.0 Å². The minimum atomic E-state index is -0.397. The summed E-state index contributed by atoms with van der Waals surface area (Å²) in [5.74, 6) is 1.36. The normalized spacial score (nSPS) is 19.4. The highest BCUT2D eigenvalue weighted by atomic mass is 16.5. The Morgan fingerprint density at radius 1 is 1.12 bits per heavy atom. The minimum absolute atomic E-state index is 0.0572. The number of ether oxygens (including phenoxy) is 1. The first-order valence-electron chi connectivity index (χ1n) is 11.4. The molecule has 3 heterocycles. The van der Waals surface area contributed by atoms with Gasteiger partial charge in [-0.15, -0.1) is 0 Å². The van der Waals surface area contributed by atoms with Gasteiger partial charge >= 0.3 is 0 Å². The maximum atomic E-state index is 13.3. The van der Waals surface area contributed by atoms with E-state index in [1.165, 1.54) is 0 Å². The summed E-state index contributed by atoms with van der Waals surface area (Å²) < 4.78 is 10.9. The SMILES string of the molecule is CCOc1ccccc1C(=O)N1CCCC1C(=O)N1CCN(Cc2c(C)noc2C)CC1. The molecule has 0 saturated carbocycles. The number of carbonyl (C=O) groups excluding carboxylic acids is 2. The van der Waals surface area contributed by atoms with E-state index in [4.69, 9.17) is 9.26 Å². The molecular weight excluding hydrogens is 408 g/mol. The Labute approximate surface area is 189 Å².